The van der Waals surface area contributed by atoms with Crippen LogP contribution >= 0.6 is 0 Å². The number of rotatable bonds is 2. The minimum Gasteiger partial charge on any atom is -0.310 e. The summed E-state index contributed by atoms with van der Waals surface area (Å²) in [4.78, 5) is 27.3. The van der Waals surface area contributed by atoms with Gasteiger partial charge < -0.3 is 9.80 Å². The first kappa shape index (κ1) is 11.6. The Bertz CT molecular complexity index is 415. The molecule has 0 spiro atoms. The van der Waals surface area contributed by atoms with Crippen LogP contribution in [0.4, 0.5) is 11.4 Å². The number of para-hydroxylation sites is 2. The third kappa shape index (κ3) is 1.90. The van der Waals surface area contributed by atoms with E-state index in [1.807, 2.05) is 38.1 Å². The molecule has 0 radical (unpaired) electrons. The van der Waals surface area contributed by atoms with Gasteiger partial charge in [0.25, 0.3) is 0 Å². The van der Waals surface area contributed by atoms with Crippen LogP contribution in [0.25, 0.3) is 0 Å². The van der Waals surface area contributed by atoms with Crippen molar-refractivity contribution in [3.8, 4) is 0 Å². The van der Waals surface area contributed by atoms with Crippen molar-refractivity contribution in [1.82, 2.24) is 0 Å². The van der Waals surface area contributed by atoms with Crippen LogP contribution in [0.5, 0.6) is 0 Å². The molecule has 0 unspecified atom stereocenters. The highest BCUT2D eigenvalue weighted by molar-refractivity contribution is 6.15. The van der Waals surface area contributed by atoms with Gasteiger partial charge in [0.05, 0.1) is 11.4 Å². The molecule has 4 heteroatoms. The summed E-state index contributed by atoms with van der Waals surface area (Å²) in [5.74, 6) is -0.248. The van der Waals surface area contributed by atoms with Gasteiger partial charge >= 0.3 is 0 Å². The van der Waals surface area contributed by atoms with E-state index in [9.17, 15) is 9.59 Å². The van der Waals surface area contributed by atoms with Crippen LogP contribution in [0.3, 0.4) is 0 Å². The molecular formula is C13H16N2O2. The number of nitrogens with zero attached hydrogens (tertiary/aromatic N) is 2. The van der Waals surface area contributed by atoms with E-state index < -0.39 is 0 Å². The molecule has 0 fully saturated rings. The van der Waals surface area contributed by atoms with E-state index in [2.05, 4.69) is 0 Å². The lowest BCUT2D eigenvalue weighted by Crippen LogP contribution is -2.32. The van der Waals surface area contributed by atoms with Gasteiger partial charge in [-0.2, -0.15) is 0 Å². The number of carbonyl (C=O) groups is 2. The van der Waals surface area contributed by atoms with Gasteiger partial charge in [0.2, 0.25) is 11.8 Å². The summed E-state index contributed by atoms with van der Waals surface area (Å²) < 4.78 is 0. The largest absolute Gasteiger partial charge is 0.310 e. The lowest BCUT2D eigenvalue weighted by atomic mass is 10.2. The summed E-state index contributed by atoms with van der Waals surface area (Å²) in [7, 11) is 0. The summed E-state index contributed by atoms with van der Waals surface area (Å²) in [6.07, 6.45) is -0.0453. The van der Waals surface area contributed by atoms with Crippen molar-refractivity contribution in [3.63, 3.8) is 0 Å². The number of benzene rings is 1. The lowest BCUT2D eigenvalue weighted by molar-refractivity contribution is -0.126. The van der Waals surface area contributed by atoms with Crippen molar-refractivity contribution in [1.29, 1.82) is 0 Å². The Morgan fingerprint density at radius 3 is 1.71 bits per heavy atom. The van der Waals surface area contributed by atoms with Crippen molar-refractivity contribution < 1.29 is 9.59 Å². The molecule has 1 aromatic carbocycles. The minimum atomic E-state index is -0.124. The molecule has 0 bridgehead atoms. The number of amides is 2. The fraction of sp³-hybridized carbons (Fsp3) is 0.385. The van der Waals surface area contributed by atoms with Gasteiger partial charge in [0.15, 0.2) is 0 Å². The molecule has 1 aliphatic heterocycles. The van der Waals surface area contributed by atoms with E-state index in [4.69, 9.17) is 0 Å². The third-order valence-corrected chi connectivity index (χ3v) is 3.00. The van der Waals surface area contributed by atoms with Crippen LogP contribution in [0.15, 0.2) is 24.3 Å². The maximum absolute atomic E-state index is 12.0. The molecule has 4 nitrogen and oxygen atoms in total. The number of carbonyl (C=O) groups excluding carboxylic acids is 2. The molecule has 90 valence electrons. The molecule has 0 aliphatic carbocycles. The number of hydrogen-bond acceptors (Lipinski definition) is 2. The fourth-order valence-corrected chi connectivity index (χ4v) is 2.20. The number of anilines is 2. The topological polar surface area (TPSA) is 40.6 Å². The summed E-state index contributed by atoms with van der Waals surface area (Å²) >= 11 is 0. The molecule has 17 heavy (non-hydrogen) atoms. The number of fused-ring (bicyclic) bond motifs is 1. The minimum absolute atomic E-state index is 0.0453. The zero-order valence-corrected chi connectivity index (χ0v) is 10.1. The standard InChI is InChI=1S/C13H16N2O2/c1-3-14-10-7-5-6-8-11(10)15(4-2)13(17)9-12(14)16/h5-8H,3-4,9H2,1-2H3. The van der Waals surface area contributed by atoms with Crippen molar-refractivity contribution in [2.75, 3.05) is 22.9 Å². The van der Waals surface area contributed by atoms with Gasteiger partial charge in [-0.15, -0.1) is 0 Å². The molecule has 1 heterocycles. The van der Waals surface area contributed by atoms with Crippen LogP contribution in [0.1, 0.15) is 20.3 Å². The van der Waals surface area contributed by atoms with Crippen molar-refractivity contribution in [2.45, 2.75) is 20.3 Å². The molecule has 0 N–H and O–H groups in total. The maximum Gasteiger partial charge on any atom is 0.236 e. The Balaban J connectivity index is 2.58. The van der Waals surface area contributed by atoms with Gasteiger partial charge in [-0.05, 0) is 26.0 Å². The zero-order valence-electron chi connectivity index (χ0n) is 10.1. The average Bonchev–Trinajstić information content (AvgIpc) is 2.42. The number of hydrogen-bond donors (Lipinski definition) is 0. The van der Waals surface area contributed by atoms with Crippen molar-refractivity contribution in [3.05, 3.63) is 24.3 Å². The molecule has 0 aromatic heterocycles. The van der Waals surface area contributed by atoms with Crippen LogP contribution in [0, 0.1) is 0 Å². The highest BCUT2D eigenvalue weighted by atomic mass is 16.2. The summed E-state index contributed by atoms with van der Waals surface area (Å²) in [6, 6.07) is 7.55. The highest BCUT2D eigenvalue weighted by Gasteiger charge is 2.29. The Kier molecular flexibility index (Phi) is 3.13. The van der Waals surface area contributed by atoms with Crippen molar-refractivity contribution in [2.24, 2.45) is 0 Å². The van der Waals surface area contributed by atoms with Crippen LogP contribution in [0.2, 0.25) is 0 Å². The quantitative estimate of drug-likeness (QED) is 0.729. The zero-order chi connectivity index (χ0) is 12.4. The normalized spacial score (nSPS) is 15.9. The Morgan fingerprint density at radius 2 is 1.35 bits per heavy atom. The third-order valence-electron chi connectivity index (χ3n) is 3.00. The molecule has 1 aromatic rings. The predicted molar refractivity (Wildman–Crippen MR) is 67.1 cm³/mol. The molecule has 0 atom stereocenters. The molecular weight excluding hydrogens is 216 g/mol. The average molecular weight is 232 g/mol. The SMILES string of the molecule is CCN1C(=O)CC(=O)N(CC)c2ccccc21. The van der Waals surface area contributed by atoms with E-state index in [0.29, 0.717) is 13.1 Å². The fourth-order valence-electron chi connectivity index (χ4n) is 2.20. The van der Waals surface area contributed by atoms with Gasteiger partial charge in [0.1, 0.15) is 6.42 Å². The molecule has 0 saturated carbocycles. The van der Waals surface area contributed by atoms with E-state index in [1.54, 1.807) is 9.80 Å². The Morgan fingerprint density at radius 1 is 0.941 bits per heavy atom. The molecule has 0 saturated heterocycles. The summed E-state index contributed by atoms with van der Waals surface area (Å²) in [5.41, 5.74) is 1.65. The lowest BCUT2D eigenvalue weighted by Gasteiger charge is -2.23. The first-order valence-electron chi connectivity index (χ1n) is 5.88. The molecule has 2 rings (SSSR count). The predicted octanol–water partition coefficient (Wildman–Crippen LogP) is 1.80. The highest BCUT2D eigenvalue weighted by Crippen LogP contribution is 2.32. The van der Waals surface area contributed by atoms with Crippen LogP contribution in [-0.4, -0.2) is 24.9 Å². The monoisotopic (exact) mass is 232 g/mol. The van der Waals surface area contributed by atoms with Crippen molar-refractivity contribution >= 4 is 23.2 Å². The first-order valence-corrected chi connectivity index (χ1v) is 5.88. The van der Waals surface area contributed by atoms with Gasteiger partial charge in [-0.1, -0.05) is 12.1 Å². The van der Waals surface area contributed by atoms with E-state index in [1.165, 1.54) is 0 Å². The smallest absolute Gasteiger partial charge is 0.236 e. The molecule has 2 amide bonds. The first-order chi connectivity index (χ1) is 8.19. The van der Waals surface area contributed by atoms with Gasteiger partial charge in [-0.3, -0.25) is 9.59 Å². The molecule has 1 aliphatic rings. The van der Waals surface area contributed by atoms with Gasteiger partial charge in [0, 0.05) is 13.1 Å². The van der Waals surface area contributed by atoms with E-state index >= 15 is 0 Å². The Hall–Kier alpha value is -1.84. The maximum atomic E-state index is 12.0. The van der Waals surface area contributed by atoms with E-state index in [-0.39, 0.29) is 18.2 Å². The second-order valence-electron chi connectivity index (χ2n) is 3.94. The second-order valence-corrected chi connectivity index (χ2v) is 3.94. The van der Waals surface area contributed by atoms with E-state index in [0.717, 1.165) is 11.4 Å². The summed E-state index contributed by atoms with van der Waals surface area (Å²) in [6.45, 7) is 5.00. The van der Waals surface area contributed by atoms with Crippen LogP contribution < -0.4 is 9.80 Å². The van der Waals surface area contributed by atoms with Crippen LogP contribution in [-0.2, 0) is 9.59 Å². The second kappa shape index (κ2) is 4.57. The van der Waals surface area contributed by atoms with Gasteiger partial charge in [-0.25, -0.2) is 0 Å². The summed E-state index contributed by atoms with van der Waals surface area (Å²) in [5, 5.41) is 0. The Labute approximate surface area is 101 Å².